The molecule has 3 N–H and O–H groups in total. The average molecular weight is 282 g/mol. The summed E-state index contributed by atoms with van der Waals surface area (Å²) < 4.78 is 5.23. The Morgan fingerprint density at radius 2 is 1.95 bits per heavy atom. The summed E-state index contributed by atoms with van der Waals surface area (Å²) in [6, 6.07) is 0.219. The molecular formula is C12H22N6O2. The Labute approximate surface area is 118 Å². The highest BCUT2D eigenvalue weighted by Crippen LogP contribution is 2.10. The third-order valence-electron chi connectivity index (χ3n) is 2.23. The van der Waals surface area contributed by atoms with Gasteiger partial charge in [-0.25, -0.2) is 0 Å². The van der Waals surface area contributed by atoms with Crippen molar-refractivity contribution in [3.8, 4) is 6.01 Å². The van der Waals surface area contributed by atoms with E-state index in [-0.39, 0.29) is 18.5 Å². The quantitative estimate of drug-likeness (QED) is 0.638. The van der Waals surface area contributed by atoms with Gasteiger partial charge in [0, 0.05) is 13.6 Å². The van der Waals surface area contributed by atoms with E-state index < -0.39 is 0 Å². The summed E-state index contributed by atoms with van der Waals surface area (Å²) in [4.78, 5) is 23.8. The number of hydrogen-bond acceptors (Lipinski definition) is 7. The Morgan fingerprint density at radius 3 is 2.55 bits per heavy atom. The van der Waals surface area contributed by atoms with Crippen LogP contribution in [0, 0.1) is 5.92 Å². The SMILES string of the molecule is CCOc1nc(NC)nc(NCC(=O)NCC(C)C)n1. The fourth-order valence-electron chi connectivity index (χ4n) is 1.28. The Hall–Kier alpha value is -2.12. The lowest BCUT2D eigenvalue weighted by Gasteiger charge is -2.10. The smallest absolute Gasteiger partial charge is 0.323 e. The topological polar surface area (TPSA) is 101 Å². The van der Waals surface area contributed by atoms with Crippen LogP contribution < -0.4 is 20.7 Å². The predicted octanol–water partition coefficient (Wildman–Crippen LogP) is 0.496. The lowest BCUT2D eigenvalue weighted by molar-refractivity contribution is -0.119. The van der Waals surface area contributed by atoms with Gasteiger partial charge in [-0.2, -0.15) is 15.0 Å². The molecule has 0 atom stereocenters. The van der Waals surface area contributed by atoms with Gasteiger partial charge in [0.15, 0.2) is 0 Å². The minimum atomic E-state index is -0.108. The molecule has 0 aliphatic rings. The first kappa shape index (κ1) is 15.9. The minimum absolute atomic E-state index is 0.103. The maximum atomic E-state index is 11.6. The van der Waals surface area contributed by atoms with Crippen LogP contribution in [-0.4, -0.2) is 47.6 Å². The Kier molecular flexibility index (Phi) is 6.48. The van der Waals surface area contributed by atoms with Crippen molar-refractivity contribution in [3.63, 3.8) is 0 Å². The fraction of sp³-hybridized carbons (Fsp3) is 0.667. The van der Waals surface area contributed by atoms with Gasteiger partial charge in [-0.05, 0) is 12.8 Å². The van der Waals surface area contributed by atoms with Gasteiger partial charge in [-0.1, -0.05) is 13.8 Å². The van der Waals surface area contributed by atoms with Gasteiger partial charge in [0.2, 0.25) is 17.8 Å². The van der Waals surface area contributed by atoms with E-state index in [0.29, 0.717) is 31.0 Å². The third kappa shape index (κ3) is 5.68. The summed E-state index contributed by atoms with van der Waals surface area (Å²) in [5, 5.41) is 8.46. The number of hydrogen-bond donors (Lipinski definition) is 3. The minimum Gasteiger partial charge on any atom is -0.464 e. The van der Waals surface area contributed by atoms with Crippen molar-refractivity contribution in [1.82, 2.24) is 20.3 Å². The second kappa shape index (κ2) is 8.13. The molecule has 20 heavy (non-hydrogen) atoms. The van der Waals surface area contributed by atoms with Crippen LogP contribution in [0.15, 0.2) is 0 Å². The molecule has 1 amide bonds. The van der Waals surface area contributed by atoms with Crippen LogP contribution in [0.3, 0.4) is 0 Å². The zero-order valence-electron chi connectivity index (χ0n) is 12.4. The zero-order valence-corrected chi connectivity index (χ0v) is 12.4. The molecule has 112 valence electrons. The molecule has 0 bridgehead atoms. The molecule has 0 saturated heterocycles. The standard InChI is InChI=1S/C12H22N6O2/c1-5-20-12-17-10(13-4)16-11(18-12)15-7-9(19)14-6-8(2)3/h8H,5-7H2,1-4H3,(H,14,19)(H2,13,15,16,17,18). The Morgan fingerprint density at radius 1 is 1.25 bits per heavy atom. The molecule has 0 aliphatic heterocycles. The van der Waals surface area contributed by atoms with Crippen LogP contribution in [0.25, 0.3) is 0 Å². The summed E-state index contributed by atoms with van der Waals surface area (Å²) in [7, 11) is 1.70. The molecule has 0 unspecified atom stereocenters. The van der Waals surface area contributed by atoms with Gasteiger partial charge >= 0.3 is 6.01 Å². The number of aromatic nitrogens is 3. The summed E-state index contributed by atoms with van der Waals surface area (Å²) in [6.45, 7) is 7.12. The van der Waals surface area contributed by atoms with E-state index in [1.165, 1.54) is 0 Å². The highest BCUT2D eigenvalue weighted by atomic mass is 16.5. The Balaban J connectivity index is 2.58. The van der Waals surface area contributed by atoms with Gasteiger partial charge in [-0.3, -0.25) is 4.79 Å². The number of anilines is 2. The number of ether oxygens (including phenoxy) is 1. The first-order chi connectivity index (χ1) is 9.55. The molecule has 1 aromatic heterocycles. The van der Waals surface area contributed by atoms with E-state index in [2.05, 4.69) is 30.9 Å². The van der Waals surface area contributed by atoms with Crippen LogP contribution in [0.4, 0.5) is 11.9 Å². The first-order valence-corrected chi connectivity index (χ1v) is 6.62. The van der Waals surface area contributed by atoms with Gasteiger partial charge in [0.1, 0.15) is 0 Å². The lowest BCUT2D eigenvalue weighted by atomic mass is 10.2. The van der Waals surface area contributed by atoms with E-state index in [9.17, 15) is 4.79 Å². The van der Waals surface area contributed by atoms with Crippen molar-refractivity contribution in [2.75, 3.05) is 37.4 Å². The van der Waals surface area contributed by atoms with Gasteiger partial charge in [0.05, 0.1) is 13.2 Å². The monoisotopic (exact) mass is 282 g/mol. The summed E-state index contributed by atoms with van der Waals surface area (Å²) in [5.41, 5.74) is 0. The molecule has 1 aromatic rings. The van der Waals surface area contributed by atoms with E-state index in [4.69, 9.17) is 4.74 Å². The molecule has 1 heterocycles. The second-order valence-corrected chi connectivity index (χ2v) is 4.50. The predicted molar refractivity (Wildman–Crippen MR) is 76.9 cm³/mol. The van der Waals surface area contributed by atoms with Crippen molar-refractivity contribution < 1.29 is 9.53 Å². The number of amides is 1. The van der Waals surface area contributed by atoms with E-state index in [0.717, 1.165) is 0 Å². The number of rotatable bonds is 8. The Bertz CT molecular complexity index is 438. The van der Waals surface area contributed by atoms with Gasteiger partial charge in [-0.15, -0.1) is 0 Å². The molecule has 0 radical (unpaired) electrons. The summed E-state index contributed by atoms with van der Waals surface area (Å²) in [5.74, 6) is 0.987. The molecule has 8 heteroatoms. The van der Waals surface area contributed by atoms with Crippen LogP contribution in [-0.2, 0) is 4.79 Å². The number of carbonyl (C=O) groups is 1. The highest BCUT2D eigenvalue weighted by Gasteiger charge is 2.08. The normalized spacial score (nSPS) is 10.2. The zero-order chi connectivity index (χ0) is 15.0. The lowest BCUT2D eigenvalue weighted by Crippen LogP contribution is -2.32. The van der Waals surface area contributed by atoms with Gasteiger partial charge in [0.25, 0.3) is 0 Å². The number of carbonyl (C=O) groups excluding carboxylic acids is 1. The third-order valence-corrected chi connectivity index (χ3v) is 2.23. The van der Waals surface area contributed by atoms with Gasteiger partial charge < -0.3 is 20.7 Å². The highest BCUT2D eigenvalue weighted by molar-refractivity contribution is 5.80. The van der Waals surface area contributed by atoms with E-state index in [1.54, 1.807) is 7.05 Å². The molecule has 0 saturated carbocycles. The average Bonchev–Trinajstić information content (AvgIpc) is 2.43. The molecule has 8 nitrogen and oxygen atoms in total. The van der Waals surface area contributed by atoms with Crippen molar-refractivity contribution in [1.29, 1.82) is 0 Å². The maximum Gasteiger partial charge on any atom is 0.323 e. The largest absolute Gasteiger partial charge is 0.464 e. The molecule has 1 rings (SSSR count). The number of nitrogens with zero attached hydrogens (tertiary/aromatic N) is 3. The molecule has 0 spiro atoms. The fourth-order valence-corrected chi connectivity index (χ4v) is 1.28. The summed E-state index contributed by atoms with van der Waals surface area (Å²) >= 11 is 0. The number of nitrogens with one attached hydrogen (secondary N) is 3. The second-order valence-electron chi connectivity index (χ2n) is 4.50. The van der Waals surface area contributed by atoms with E-state index in [1.807, 2.05) is 20.8 Å². The summed E-state index contributed by atoms with van der Waals surface area (Å²) in [6.07, 6.45) is 0. The van der Waals surface area contributed by atoms with Crippen LogP contribution in [0.1, 0.15) is 20.8 Å². The van der Waals surface area contributed by atoms with E-state index >= 15 is 0 Å². The molecule has 0 fully saturated rings. The first-order valence-electron chi connectivity index (χ1n) is 6.62. The molecule has 0 aromatic carbocycles. The van der Waals surface area contributed by atoms with Crippen molar-refractivity contribution in [3.05, 3.63) is 0 Å². The molecule has 0 aliphatic carbocycles. The van der Waals surface area contributed by atoms with Crippen molar-refractivity contribution >= 4 is 17.8 Å². The maximum absolute atomic E-state index is 11.6. The van der Waals surface area contributed by atoms with Crippen LogP contribution >= 0.6 is 0 Å². The van der Waals surface area contributed by atoms with Crippen molar-refractivity contribution in [2.45, 2.75) is 20.8 Å². The molecular weight excluding hydrogens is 260 g/mol. The van der Waals surface area contributed by atoms with Crippen molar-refractivity contribution in [2.24, 2.45) is 5.92 Å². The van der Waals surface area contributed by atoms with Crippen LogP contribution in [0.5, 0.6) is 6.01 Å². The van der Waals surface area contributed by atoms with Crippen LogP contribution in [0.2, 0.25) is 0 Å².